The molecule has 0 fully saturated rings. The van der Waals surface area contributed by atoms with Crippen LogP contribution < -0.4 is 5.56 Å². The molecule has 2 aromatic rings. The van der Waals surface area contributed by atoms with Crippen molar-refractivity contribution in [1.82, 2.24) is 4.98 Å². The quantitative estimate of drug-likeness (QED) is 0.815. The van der Waals surface area contributed by atoms with Crippen LogP contribution in [0.15, 0.2) is 53.3 Å². The second-order valence-corrected chi connectivity index (χ2v) is 3.49. The molecule has 1 heterocycles. The Labute approximate surface area is 97.9 Å². The van der Waals surface area contributed by atoms with Crippen LogP contribution in [0.4, 0.5) is 0 Å². The lowest BCUT2D eigenvalue weighted by Gasteiger charge is -2.04. The SMILES string of the molecule is O=C(OCc1ccccc1)c1cccc(=O)[nH]1. The van der Waals surface area contributed by atoms with Gasteiger partial charge in [-0.05, 0) is 11.6 Å². The zero-order chi connectivity index (χ0) is 12.1. The topological polar surface area (TPSA) is 59.2 Å². The summed E-state index contributed by atoms with van der Waals surface area (Å²) < 4.78 is 5.06. The molecular weight excluding hydrogens is 218 g/mol. The fourth-order valence-corrected chi connectivity index (χ4v) is 1.37. The maximum absolute atomic E-state index is 11.6. The van der Waals surface area contributed by atoms with E-state index in [4.69, 9.17) is 4.74 Å². The summed E-state index contributed by atoms with van der Waals surface area (Å²) in [7, 11) is 0. The smallest absolute Gasteiger partial charge is 0.355 e. The van der Waals surface area contributed by atoms with Gasteiger partial charge < -0.3 is 9.72 Å². The fraction of sp³-hybridized carbons (Fsp3) is 0.0769. The largest absolute Gasteiger partial charge is 0.456 e. The summed E-state index contributed by atoms with van der Waals surface area (Å²) in [6.07, 6.45) is 0. The van der Waals surface area contributed by atoms with Gasteiger partial charge in [-0.1, -0.05) is 36.4 Å². The number of benzene rings is 1. The van der Waals surface area contributed by atoms with E-state index in [9.17, 15) is 9.59 Å². The summed E-state index contributed by atoms with van der Waals surface area (Å²) in [6.45, 7) is 0.191. The van der Waals surface area contributed by atoms with Crippen molar-refractivity contribution in [2.45, 2.75) is 6.61 Å². The van der Waals surface area contributed by atoms with Gasteiger partial charge in [0, 0.05) is 6.07 Å². The molecule has 0 amide bonds. The monoisotopic (exact) mass is 229 g/mol. The number of carbonyl (C=O) groups excluding carboxylic acids is 1. The van der Waals surface area contributed by atoms with Crippen LogP contribution in [0.1, 0.15) is 16.1 Å². The van der Waals surface area contributed by atoms with Crippen LogP contribution in [0, 0.1) is 0 Å². The summed E-state index contributed by atoms with van der Waals surface area (Å²) in [5, 5.41) is 0. The van der Waals surface area contributed by atoms with Gasteiger partial charge in [0.05, 0.1) is 0 Å². The third kappa shape index (κ3) is 3.04. The van der Waals surface area contributed by atoms with Crippen LogP contribution in [0.25, 0.3) is 0 Å². The van der Waals surface area contributed by atoms with Gasteiger partial charge in [-0.2, -0.15) is 0 Å². The van der Waals surface area contributed by atoms with Crippen molar-refractivity contribution < 1.29 is 9.53 Å². The summed E-state index contributed by atoms with van der Waals surface area (Å²) >= 11 is 0. The lowest BCUT2D eigenvalue weighted by Crippen LogP contribution is -2.13. The Morgan fingerprint density at radius 2 is 1.82 bits per heavy atom. The van der Waals surface area contributed by atoms with E-state index in [2.05, 4.69) is 4.98 Å². The second kappa shape index (κ2) is 5.12. The number of ether oxygens (including phenoxy) is 1. The highest BCUT2D eigenvalue weighted by Gasteiger charge is 2.07. The predicted molar refractivity (Wildman–Crippen MR) is 62.6 cm³/mol. The molecule has 4 nitrogen and oxygen atoms in total. The molecule has 0 aliphatic carbocycles. The molecule has 1 aromatic heterocycles. The van der Waals surface area contributed by atoms with Gasteiger partial charge in [-0.15, -0.1) is 0 Å². The molecular formula is C13H11NO3. The van der Waals surface area contributed by atoms with Gasteiger partial charge in [-0.3, -0.25) is 4.79 Å². The highest BCUT2D eigenvalue weighted by atomic mass is 16.5. The Hall–Kier alpha value is -2.36. The number of aromatic amines is 1. The molecule has 1 aromatic carbocycles. The van der Waals surface area contributed by atoms with Crippen molar-refractivity contribution in [2.75, 3.05) is 0 Å². The van der Waals surface area contributed by atoms with Crippen molar-refractivity contribution in [3.05, 3.63) is 70.1 Å². The Morgan fingerprint density at radius 3 is 2.53 bits per heavy atom. The van der Waals surface area contributed by atoms with E-state index in [1.165, 1.54) is 18.2 Å². The van der Waals surface area contributed by atoms with Gasteiger partial charge >= 0.3 is 5.97 Å². The lowest BCUT2D eigenvalue weighted by atomic mass is 10.2. The van der Waals surface area contributed by atoms with Crippen molar-refractivity contribution in [3.63, 3.8) is 0 Å². The minimum absolute atomic E-state index is 0.161. The molecule has 0 saturated heterocycles. The number of esters is 1. The molecule has 0 atom stereocenters. The van der Waals surface area contributed by atoms with Gasteiger partial charge in [-0.25, -0.2) is 4.79 Å². The first-order valence-corrected chi connectivity index (χ1v) is 5.16. The molecule has 0 spiro atoms. The first kappa shape index (κ1) is 11.1. The number of H-pyrrole nitrogens is 1. The zero-order valence-electron chi connectivity index (χ0n) is 9.05. The molecule has 1 N–H and O–H groups in total. The number of hydrogen-bond donors (Lipinski definition) is 1. The Balaban J connectivity index is 2.01. The Kier molecular flexibility index (Phi) is 3.35. The molecule has 0 saturated carbocycles. The van der Waals surface area contributed by atoms with E-state index >= 15 is 0 Å². The molecule has 0 radical (unpaired) electrons. The number of pyridine rings is 1. The molecule has 0 unspecified atom stereocenters. The molecule has 0 aliphatic heterocycles. The van der Waals surface area contributed by atoms with Crippen molar-refractivity contribution in [3.8, 4) is 0 Å². The van der Waals surface area contributed by atoms with Crippen LogP contribution in [-0.4, -0.2) is 11.0 Å². The minimum atomic E-state index is -0.536. The molecule has 0 bridgehead atoms. The van der Waals surface area contributed by atoms with Gasteiger partial charge in [0.25, 0.3) is 0 Å². The number of aromatic nitrogens is 1. The molecule has 17 heavy (non-hydrogen) atoms. The number of nitrogens with one attached hydrogen (secondary N) is 1. The predicted octanol–water partition coefficient (Wildman–Crippen LogP) is 1.73. The normalized spacial score (nSPS) is 9.88. The van der Waals surface area contributed by atoms with Gasteiger partial charge in [0.2, 0.25) is 5.56 Å². The minimum Gasteiger partial charge on any atom is -0.456 e. The van der Waals surface area contributed by atoms with E-state index in [-0.39, 0.29) is 17.9 Å². The standard InChI is InChI=1S/C13H11NO3/c15-12-8-4-7-11(14-12)13(16)17-9-10-5-2-1-3-6-10/h1-8H,9H2,(H,14,15). The average molecular weight is 229 g/mol. The first-order valence-electron chi connectivity index (χ1n) is 5.16. The van der Waals surface area contributed by atoms with Crippen LogP contribution >= 0.6 is 0 Å². The van der Waals surface area contributed by atoms with Crippen LogP contribution in [0.2, 0.25) is 0 Å². The highest BCUT2D eigenvalue weighted by molar-refractivity contribution is 5.87. The Bertz CT molecular complexity index is 560. The van der Waals surface area contributed by atoms with Gasteiger partial charge in [0.1, 0.15) is 12.3 Å². The van der Waals surface area contributed by atoms with E-state index < -0.39 is 5.97 Å². The molecule has 2 rings (SSSR count). The van der Waals surface area contributed by atoms with E-state index in [0.29, 0.717) is 0 Å². The Morgan fingerprint density at radius 1 is 1.06 bits per heavy atom. The first-order chi connectivity index (χ1) is 8.25. The highest BCUT2D eigenvalue weighted by Crippen LogP contribution is 2.03. The van der Waals surface area contributed by atoms with Crippen LogP contribution in [0.3, 0.4) is 0 Å². The third-order valence-corrected chi connectivity index (χ3v) is 2.20. The molecule has 86 valence electrons. The van der Waals surface area contributed by atoms with Crippen molar-refractivity contribution >= 4 is 5.97 Å². The maximum atomic E-state index is 11.6. The zero-order valence-corrected chi connectivity index (χ0v) is 9.05. The van der Waals surface area contributed by atoms with Gasteiger partial charge in [0.15, 0.2) is 0 Å². The van der Waals surface area contributed by atoms with E-state index in [0.717, 1.165) is 5.56 Å². The van der Waals surface area contributed by atoms with Crippen LogP contribution in [0.5, 0.6) is 0 Å². The fourth-order valence-electron chi connectivity index (χ4n) is 1.37. The third-order valence-electron chi connectivity index (χ3n) is 2.20. The summed E-state index contributed by atoms with van der Waals surface area (Å²) in [5.74, 6) is -0.536. The van der Waals surface area contributed by atoms with Crippen molar-refractivity contribution in [1.29, 1.82) is 0 Å². The summed E-state index contributed by atoms with van der Waals surface area (Å²) in [4.78, 5) is 25.0. The van der Waals surface area contributed by atoms with E-state index in [1.54, 1.807) is 0 Å². The van der Waals surface area contributed by atoms with E-state index in [1.807, 2.05) is 30.3 Å². The van der Waals surface area contributed by atoms with Crippen molar-refractivity contribution in [2.24, 2.45) is 0 Å². The molecule has 0 aliphatic rings. The summed E-state index contributed by atoms with van der Waals surface area (Å²) in [6, 6.07) is 13.7. The number of rotatable bonds is 3. The second-order valence-electron chi connectivity index (χ2n) is 3.49. The number of carbonyl (C=O) groups is 1. The lowest BCUT2D eigenvalue weighted by molar-refractivity contribution is 0.0465. The van der Waals surface area contributed by atoms with Crippen LogP contribution in [-0.2, 0) is 11.3 Å². The maximum Gasteiger partial charge on any atom is 0.355 e. The average Bonchev–Trinajstić information content (AvgIpc) is 2.37. The summed E-state index contributed by atoms with van der Waals surface area (Å²) in [5.41, 5.74) is 0.742. The number of hydrogen-bond acceptors (Lipinski definition) is 3. The molecule has 4 heteroatoms.